The molecule has 0 bridgehead atoms. The Bertz CT molecular complexity index is 1060. The topological polar surface area (TPSA) is 70.2 Å². The van der Waals surface area contributed by atoms with E-state index < -0.39 is 51.1 Å². The van der Waals surface area contributed by atoms with Crippen molar-refractivity contribution in [2.24, 2.45) is 0 Å². The van der Waals surface area contributed by atoms with Crippen molar-refractivity contribution < 1.29 is 27.5 Å². The largest absolute Gasteiger partial charge is 0.477 e. The molecule has 0 amide bonds. The van der Waals surface area contributed by atoms with Crippen LogP contribution in [0.5, 0.6) is 0 Å². The van der Waals surface area contributed by atoms with Gasteiger partial charge in [-0.1, -0.05) is 0 Å². The molecule has 3 aromatic rings. The Morgan fingerprint density at radius 3 is 2.28 bits per heavy atom. The zero-order valence-electron chi connectivity index (χ0n) is 12.4. The van der Waals surface area contributed by atoms with E-state index in [2.05, 4.69) is 4.98 Å². The number of nitrogens with one attached hydrogen (secondary N) is 1. The fourth-order valence-corrected chi connectivity index (χ4v) is 2.60. The third-order valence-corrected chi connectivity index (χ3v) is 3.67. The number of hydrogen-bond acceptors (Lipinski definition) is 2. The number of rotatable bonds is 3. The minimum absolute atomic E-state index is 0.0691. The van der Waals surface area contributed by atoms with E-state index in [0.29, 0.717) is 12.1 Å². The van der Waals surface area contributed by atoms with Crippen molar-refractivity contribution in [3.8, 4) is 0 Å². The van der Waals surface area contributed by atoms with Crippen LogP contribution in [0.2, 0.25) is 0 Å². The van der Waals surface area contributed by atoms with Crippen LogP contribution in [0.1, 0.15) is 21.5 Å². The van der Waals surface area contributed by atoms with E-state index in [9.17, 15) is 27.2 Å². The zero-order valence-corrected chi connectivity index (χ0v) is 12.4. The Labute approximate surface area is 137 Å². The first-order valence-electron chi connectivity index (χ1n) is 6.98. The van der Waals surface area contributed by atoms with E-state index >= 15 is 0 Å². The summed E-state index contributed by atoms with van der Waals surface area (Å²) in [4.78, 5) is 25.2. The standard InChI is InChI=1S/C17H9F4NO3/c18-9-2-7(3-10(19)5-9)1-8-4-12(20)13-15(14(8)21)22-6-11(16(13)23)17(24)25/h2-6H,1H2,(H,22,23)(H,24,25). The molecule has 4 nitrogen and oxygen atoms in total. The lowest BCUT2D eigenvalue weighted by Crippen LogP contribution is -2.17. The van der Waals surface area contributed by atoms with Crippen molar-refractivity contribution in [1.29, 1.82) is 0 Å². The maximum atomic E-state index is 14.6. The van der Waals surface area contributed by atoms with Crippen molar-refractivity contribution >= 4 is 16.9 Å². The van der Waals surface area contributed by atoms with Crippen molar-refractivity contribution in [2.45, 2.75) is 6.42 Å². The average Bonchev–Trinajstić information content (AvgIpc) is 2.50. The second kappa shape index (κ2) is 6.04. The summed E-state index contributed by atoms with van der Waals surface area (Å²) in [6, 6.07) is 3.30. The van der Waals surface area contributed by atoms with Crippen LogP contribution in [-0.2, 0) is 6.42 Å². The molecule has 8 heteroatoms. The number of benzene rings is 2. The summed E-state index contributed by atoms with van der Waals surface area (Å²) in [7, 11) is 0. The molecule has 3 rings (SSSR count). The van der Waals surface area contributed by atoms with E-state index in [0.717, 1.165) is 18.3 Å². The molecular formula is C17H9F4NO3. The molecule has 0 saturated heterocycles. The minimum atomic E-state index is -1.58. The van der Waals surface area contributed by atoms with E-state index in [-0.39, 0.29) is 17.5 Å². The van der Waals surface area contributed by atoms with Gasteiger partial charge in [0.05, 0.1) is 10.9 Å². The highest BCUT2D eigenvalue weighted by Crippen LogP contribution is 2.23. The van der Waals surface area contributed by atoms with Gasteiger partial charge in [-0.3, -0.25) is 4.79 Å². The Morgan fingerprint density at radius 2 is 1.68 bits per heavy atom. The molecule has 0 aliphatic carbocycles. The second-order valence-electron chi connectivity index (χ2n) is 5.37. The first-order chi connectivity index (χ1) is 11.8. The molecule has 0 atom stereocenters. The van der Waals surface area contributed by atoms with E-state index in [1.165, 1.54) is 0 Å². The third kappa shape index (κ3) is 2.98. The molecule has 2 aromatic carbocycles. The van der Waals surface area contributed by atoms with Gasteiger partial charge in [-0.15, -0.1) is 0 Å². The first-order valence-corrected chi connectivity index (χ1v) is 6.98. The molecule has 128 valence electrons. The van der Waals surface area contributed by atoms with Crippen LogP contribution < -0.4 is 5.43 Å². The highest BCUT2D eigenvalue weighted by atomic mass is 19.1. The number of aromatic carboxylic acids is 1. The monoisotopic (exact) mass is 351 g/mol. The summed E-state index contributed by atoms with van der Waals surface area (Å²) in [5.74, 6) is -5.45. The number of aromatic nitrogens is 1. The van der Waals surface area contributed by atoms with Gasteiger partial charge in [-0.05, 0) is 29.3 Å². The first kappa shape index (κ1) is 16.7. The molecule has 0 fully saturated rings. The lowest BCUT2D eigenvalue weighted by atomic mass is 10.0. The molecular weight excluding hydrogens is 342 g/mol. The Kier molecular flexibility index (Phi) is 4.03. The second-order valence-corrected chi connectivity index (χ2v) is 5.37. The molecule has 2 N–H and O–H groups in total. The summed E-state index contributed by atoms with van der Waals surface area (Å²) < 4.78 is 55.3. The average molecular weight is 351 g/mol. The van der Waals surface area contributed by atoms with Gasteiger partial charge in [-0.25, -0.2) is 22.4 Å². The van der Waals surface area contributed by atoms with Crippen LogP contribution in [-0.4, -0.2) is 16.1 Å². The summed E-state index contributed by atoms with van der Waals surface area (Å²) in [5.41, 5.74) is -2.58. The van der Waals surface area contributed by atoms with Gasteiger partial charge in [0.25, 0.3) is 0 Å². The van der Waals surface area contributed by atoms with Crippen LogP contribution >= 0.6 is 0 Å². The van der Waals surface area contributed by atoms with Gasteiger partial charge < -0.3 is 10.1 Å². The highest BCUT2D eigenvalue weighted by Gasteiger charge is 2.20. The maximum Gasteiger partial charge on any atom is 0.341 e. The quantitative estimate of drug-likeness (QED) is 0.711. The number of halogens is 4. The fourth-order valence-electron chi connectivity index (χ4n) is 2.60. The highest BCUT2D eigenvalue weighted by molar-refractivity contribution is 5.92. The number of carbonyl (C=O) groups is 1. The van der Waals surface area contributed by atoms with Gasteiger partial charge in [0.2, 0.25) is 5.43 Å². The van der Waals surface area contributed by atoms with Gasteiger partial charge in [0.1, 0.15) is 23.0 Å². The van der Waals surface area contributed by atoms with Gasteiger partial charge in [0, 0.05) is 18.7 Å². The minimum Gasteiger partial charge on any atom is -0.477 e. The van der Waals surface area contributed by atoms with Crippen molar-refractivity contribution in [3.05, 3.63) is 80.6 Å². The van der Waals surface area contributed by atoms with Crippen molar-refractivity contribution in [1.82, 2.24) is 4.98 Å². The van der Waals surface area contributed by atoms with E-state index in [4.69, 9.17) is 5.11 Å². The molecule has 1 heterocycles. The third-order valence-electron chi connectivity index (χ3n) is 3.67. The van der Waals surface area contributed by atoms with Crippen molar-refractivity contribution in [3.63, 3.8) is 0 Å². The number of pyridine rings is 1. The van der Waals surface area contributed by atoms with Crippen LogP contribution in [0.15, 0.2) is 35.3 Å². The fraction of sp³-hybridized carbons (Fsp3) is 0.0588. The number of carboxylic acid groups (broad SMARTS) is 1. The summed E-state index contributed by atoms with van der Waals surface area (Å²) >= 11 is 0. The molecule has 1 aromatic heterocycles. The summed E-state index contributed by atoms with van der Waals surface area (Å²) in [5, 5.41) is 8.15. The smallest absolute Gasteiger partial charge is 0.341 e. The Morgan fingerprint density at radius 1 is 1.04 bits per heavy atom. The molecule has 25 heavy (non-hydrogen) atoms. The van der Waals surface area contributed by atoms with Gasteiger partial charge in [-0.2, -0.15) is 0 Å². The molecule has 0 aliphatic heterocycles. The Hall–Kier alpha value is -3.16. The lowest BCUT2D eigenvalue weighted by Gasteiger charge is -2.09. The van der Waals surface area contributed by atoms with Gasteiger partial charge in [0.15, 0.2) is 5.82 Å². The van der Waals surface area contributed by atoms with Crippen LogP contribution in [0.4, 0.5) is 17.6 Å². The number of hydrogen-bond donors (Lipinski definition) is 2. The van der Waals surface area contributed by atoms with Crippen molar-refractivity contribution in [2.75, 3.05) is 0 Å². The van der Waals surface area contributed by atoms with Crippen LogP contribution in [0.3, 0.4) is 0 Å². The van der Waals surface area contributed by atoms with Crippen LogP contribution in [0.25, 0.3) is 10.9 Å². The maximum absolute atomic E-state index is 14.6. The molecule has 0 aliphatic rings. The lowest BCUT2D eigenvalue weighted by molar-refractivity contribution is 0.0695. The molecule has 0 radical (unpaired) electrons. The zero-order chi connectivity index (χ0) is 18.3. The normalized spacial score (nSPS) is 11.0. The summed E-state index contributed by atoms with van der Waals surface area (Å²) in [6.07, 6.45) is 0.442. The molecule has 0 saturated carbocycles. The number of aromatic amines is 1. The summed E-state index contributed by atoms with van der Waals surface area (Å²) in [6.45, 7) is 0. The predicted octanol–water partition coefficient (Wildman–Crippen LogP) is 3.37. The van der Waals surface area contributed by atoms with E-state index in [1.54, 1.807) is 0 Å². The van der Waals surface area contributed by atoms with E-state index in [1.807, 2.05) is 0 Å². The number of fused-ring (bicyclic) bond motifs is 1. The molecule has 0 unspecified atom stereocenters. The predicted molar refractivity (Wildman–Crippen MR) is 80.6 cm³/mol. The molecule has 0 spiro atoms. The van der Waals surface area contributed by atoms with Gasteiger partial charge >= 0.3 is 5.97 Å². The van der Waals surface area contributed by atoms with Crippen LogP contribution in [0, 0.1) is 23.3 Å². The number of carboxylic acids is 1. The number of H-pyrrole nitrogens is 1. The Balaban J connectivity index is 2.18. The SMILES string of the molecule is O=C(O)c1c[nH]c2c(F)c(Cc3cc(F)cc(F)c3)cc(F)c2c1=O.